The van der Waals surface area contributed by atoms with Crippen LogP contribution in [0.3, 0.4) is 0 Å². The Kier molecular flexibility index (Phi) is 6.67. The van der Waals surface area contributed by atoms with Gasteiger partial charge in [-0.25, -0.2) is 0 Å². The third kappa shape index (κ3) is 4.58. The minimum atomic E-state index is 0.648. The highest BCUT2D eigenvalue weighted by molar-refractivity contribution is 9.09. The molecule has 94 valence electrons. The molecule has 0 radical (unpaired) electrons. The van der Waals surface area contributed by atoms with E-state index in [-0.39, 0.29) is 0 Å². The first-order valence-corrected chi connectivity index (χ1v) is 7.56. The fourth-order valence-electron chi connectivity index (χ4n) is 2.02. The van der Waals surface area contributed by atoms with Crippen molar-refractivity contribution >= 4 is 15.9 Å². The quantitative estimate of drug-likeness (QED) is 0.524. The Balaban J connectivity index is 2.21. The summed E-state index contributed by atoms with van der Waals surface area (Å²) in [6.45, 7) is 8.70. The van der Waals surface area contributed by atoms with Crippen molar-refractivity contribution in [3.05, 3.63) is 12.2 Å². The molecule has 1 aliphatic rings. The SMILES string of the molecule is CC(C)C(CBr)COCC1CC=CCC1C. The first-order valence-electron chi connectivity index (χ1n) is 6.43. The Hall–Kier alpha value is 0.180. The molecule has 0 amide bonds. The lowest BCUT2D eigenvalue weighted by atomic mass is 9.85. The molecule has 0 heterocycles. The lowest BCUT2D eigenvalue weighted by molar-refractivity contribution is 0.0504. The van der Waals surface area contributed by atoms with Gasteiger partial charge in [-0.15, -0.1) is 0 Å². The Morgan fingerprint density at radius 1 is 1.31 bits per heavy atom. The maximum absolute atomic E-state index is 5.89. The average Bonchev–Trinajstić information content (AvgIpc) is 2.26. The van der Waals surface area contributed by atoms with Crippen LogP contribution in [-0.2, 0) is 4.74 Å². The molecule has 1 aliphatic carbocycles. The van der Waals surface area contributed by atoms with Gasteiger partial charge in [0.25, 0.3) is 0 Å². The number of halogens is 1. The van der Waals surface area contributed by atoms with E-state index in [0.717, 1.165) is 30.4 Å². The van der Waals surface area contributed by atoms with Gasteiger partial charge in [0.1, 0.15) is 0 Å². The highest BCUT2D eigenvalue weighted by Gasteiger charge is 2.19. The molecule has 2 heteroatoms. The van der Waals surface area contributed by atoms with Crippen molar-refractivity contribution in [2.45, 2.75) is 33.6 Å². The molecule has 3 unspecified atom stereocenters. The summed E-state index contributed by atoms with van der Waals surface area (Å²) < 4.78 is 5.89. The van der Waals surface area contributed by atoms with Gasteiger partial charge in [0, 0.05) is 11.9 Å². The van der Waals surface area contributed by atoms with Crippen LogP contribution in [0.2, 0.25) is 0 Å². The van der Waals surface area contributed by atoms with E-state index in [1.54, 1.807) is 0 Å². The zero-order chi connectivity index (χ0) is 12.0. The maximum Gasteiger partial charge on any atom is 0.0504 e. The molecule has 0 aromatic rings. The number of alkyl halides is 1. The molecule has 0 bridgehead atoms. The van der Waals surface area contributed by atoms with Crippen LogP contribution in [0.25, 0.3) is 0 Å². The predicted octanol–water partition coefficient (Wildman–Crippen LogP) is 4.27. The highest BCUT2D eigenvalue weighted by Crippen LogP contribution is 2.25. The maximum atomic E-state index is 5.89. The zero-order valence-electron chi connectivity index (χ0n) is 10.8. The molecular weight excluding hydrogens is 264 g/mol. The monoisotopic (exact) mass is 288 g/mol. The van der Waals surface area contributed by atoms with Crippen molar-refractivity contribution in [3.63, 3.8) is 0 Å². The largest absolute Gasteiger partial charge is 0.381 e. The molecule has 0 aliphatic heterocycles. The van der Waals surface area contributed by atoms with Gasteiger partial charge in [-0.1, -0.05) is 48.9 Å². The summed E-state index contributed by atoms with van der Waals surface area (Å²) >= 11 is 3.56. The second-order valence-corrected chi connectivity index (χ2v) is 6.02. The van der Waals surface area contributed by atoms with Crippen LogP contribution in [0, 0.1) is 23.7 Å². The summed E-state index contributed by atoms with van der Waals surface area (Å²) in [7, 11) is 0. The molecule has 0 N–H and O–H groups in total. The topological polar surface area (TPSA) is 9.23 Å². The average molecular weight is 289 g/mol. The van der Waals surface area contributed by atoms with Crippen LogP contribution in [0.1, 0.15) is 33.6 Å². The molecule has 0 aromatic carbocycles. The van der Waals surface area contributed by atoms with Gasteiger partial charge in [-0.05, 0) is 36.5 Å². The Labute approximate surface area is 109 Å². The molecule has 0 spiro atoms. The van der Waals surface area contributed by atoms with Crippen LogP contribution in [0.5, 0.6) is 0 Å². The van der Waals surface area contributed by atoms with E-state index in [9.17, 15) is 0 Å². The minimum Gasteiger partial charge on any atom is -0.381 e. The van der Waals surface area contributed by atoms with Crippen molar-refractivity contribution in [3.8, 4) is 0 Å². The van der Waals surface area contributed by atoms with Gasteiger partial charge in [-0.2, -0.15) is 0 Å². The molecule has 3 atom stereocenters. The van der Waals surface area contributed by atoms with Crippen molar-refractivity contribution < 1.29 is 4.74 Å². The lowest BCUT2D eigenvalue weighted by Crippen LogP contribution is -2.23. The Morgan fingerprint density at radius 3 is 2.56 bits per heavy atom. The van der Waals surface area contributed by atoms with Crippen LogP contribution < -0.4 is 0 Å². The summed E-state index contributed by atoms with van der Waals surface area (Å²) in [6, 6.07) is 0. The first kappa shape index (κ1) is 14.2. The third-order valence-corrected chi connectivity index (χ3v) is 4.55. The fourth-order valence-corrected chi connectivity index (χ4v) is 2.96. The third-order valence-electron chi connectivity index (χ3n) is 3.72. The van der Waals surface area contributed by atoms with Gasteiger partial charge in [0.2, 0.25) is 0 Å². The van der Waals surface area contributed by atoms with Crippen LogP contribution >= 0.6 is 15.9 Å². The van der Waals surface area contributed by atoms with Gasteiger partial charge in [0.05, 0.1) is 6.61 Å². The van der Waals surface area contributed by atoms with Crippen LogP contribution in [0.15, 0.2) is 12.2 Å². The fraction of sp³-hybridized carbons (Fsp3) is 0.857. The van der Waals surface area contributed by atoms with E-state index in [0.29, 0.717) is 11.8 Å². The minimum absolute atomic E-state index is 0.648. The molecule has 16 heavy (non-hydrogen) atoms. The van der Waals surface area contributed by atoms with E-state index >= 15 is 0 Å². The van der Waals surface area contributed by atoms with Crippen LogP contribution in [-0.4, -0.2) is 18.5 Å². The number of rotatable bonds is 6. The van der Waals surface area contributed by atoms with E-state index in [1.165, 1.54) is 12.8 Å². The van der Waals surface area contributed by atoms with E-state index in [2.05, 4.69) is 48.9 Å². The first-order chi connectivity index (χ1) is 7.65. The van der Waals surface area contributed by atoms with Crippen LogP contribution in [0.4, 0.5) is 0 Å². The van der Waals surface area contributed by atoms with Crippen molar-refractivity contribution in [1.29, 1.82) is 0 Å². The molecule has 0 aromatic heterocycles. The second-order valence-electron chi connectivity index (χ2n) is 5.38. The van der Waals surface area contributed by atoms with E-state index in [4.69, 9.17) is 4.74 Å². The predicted molar refractivity (Wildman–Crippen MR) is 74.0 cm³/mol. The number of ether oxygens (including phenoxy) is 1. The summed E-state index contributed by atoms with van der Waals surface area (Å²) in [6.07, 6.45) is 7.02. The highest BCUT2D eigenvalue weighted by atomic mass is 79.9. The summed E-state index contributed by atoms with van der Waals surface area (Å²) in [4.78, 5) is 0. The second kappa shape index (κ2) is 7.50. The molecule has 1 rings (SSSR count). The van der Waals surface area contributed by atoms with Crippen molar-refractivity contribution in [2.75, 3.05) is 18.5 Å². The Bertz CT molecular complexity index is 213. The van der Waals surface area contributed by atoms with E-state index in [1.807, 2.05) is 0 Å². The number of allylic oxidation sites excluding steroid dienone is 2. The van der Waals surface area contributed by atoms with Gasteiger partial charge < -0.3 is 4.74 Å². The normalized spacial score (nSPS) is 27.3. The summed E-state index contributed by atoms with van der Waals surface area (Å²) in [5.41, 5.74) is 0. The standard InChI is InChI=1S/C14H25BrO/c1-11(2)14(8-15)10-16-9-13-7-5-4-6-12(13)3/h4-5,11-14H,6-10H2,1-3H3. The van der Waals surface area contributed by atoms with Crippen molar-refractivity contribution in [2.24, 2.45) is 23.7 Å². The van der Waals surface area contributed by atoms with E-state index < -0.39 is 0 Å². The summed E-state index contributed by atoms with van der Waals surface area (Å²) in [5, 5.41) is 1.05. The van der Waals surface area contributed by atoms with Crippen molar-refractivity contribution in [1.82, 2.24) is 0 Å². The molecular formula is C14H25BrO. The smallest absolute Gasteiger partial charge is 0.0504 e. The van der Waals surface area contributed by atoms with Gasteiger partial charge in [-0.3, -0.25) is 0 Å². The summed E-state index contributed by atoms with van der Waals surface area (Å²) in [5.74, 6) is 2.86. The van der Waals surface area contributed by atoms with Gasteiger partial charge >= 0.3 is 0 Å². The zero-order valence-corrected chi connectivity index (χ0v) is 12.4. The molecule has 0 fully saturated rings. The molecule has 1 nitrogen and oxygen atoms in total. The Morgan fingerprint density at radius 2 is 2.00 bits per heavy atom. The molecule has 0 saturated carbocycles. The lowest BCUT2D eigenvalue weighted by Gasteiger charge is -2.26. The van der Waals surface area contributed by atoms with Gasteiger partial charge in [0.15, 0.2) is 0 Å². The molecule has 0 saturated heterocycles. The number of hydrogen-bond acceptors (Lipinski definition) is 1. The number of hydrogen-bond donors (Lipinski definition) is 0.